The standard InChI is InChI=1S/C16H27N5O2/c1-23-15(22)13-5-2-6-14(8-13)21-16(20-11-17)19-10-12-4-3-7-18-9-12/h12-14,18H,2-10H2,1H3,(H2,19,20,21). The molecule has 0 bridgehead atoms. The summed E-state index contributed by atoms with van der Waals surface area (Å²) >= 11 is 0. The number of rotatable bonds is 4. The van der Waals surface area contributed by atoms with E-state index in [-0.39, 0.29) is 17.9 Å². The van der Waals surface area contributed by atoms with Gasteiger partial charge < -0.3 is 15.4 Å². The lowest BCUT2D eigenvalue weighted by Crippen LogP contribution is -2.45. The normalized spacial score (nSPS) is 28.5. The van der Waals surface area contributed by atoms with Gasteiger partial charge in [-0.05, 0) is 51.1 Å². The van der Waals surface area contributed by atoms with Crippen molar-refractivity contribution in [3.63, 3.8) is 0 Å². The molecular formula is C16H27N5O2. The Labute approximate surface area is 137 Å². The Morgan fingerprint density at radius 2 is 2.26 bits per heavy atom. The molecule has 7 heteroatoms. The molecule has 23 heavy (non-hydrogen) atoms. The number of nitriles is 1. The maximum Gasteiger partial charge on any atom is 0.308 e. The molecule has 2 rings (SSSR count). The van der Waals surface area contributed by atoms with E-state index in [0.29, 0.717) is 18.4 Å². The van der Waals surface area contributed by atoms with Gasteiger partial charge in [0.2, 0.25) is 5.96 Å². The summed E-state index contributed by atoms with van der Waals surface area (Å²) in [4.78, 5) is 16.2. The highest BCUT2D eigenvalue weighted by molar-refractivity contribution is 5.81. The Bertz CT molecular complexity index is 454. The predicted octanol–water partition coefficient (Wildman–Crippen LogP) is 0.734. The summed E-state index contributed by atoms with van der Waals surface area (Å²) < 4.78 is 4.85. The van der Waals surface area contributed by atoms with E-state index in [4.69, 9.17) is 10.00 Å². The minimum Gasteiger partial charge on any atom is -0.469 e. The maximum atomic E-state index is 11.7. The molecule has 1 saturated heterocycles. The smallest absolute Gasteiger partial charge is 0.308 e. The molecule has 0 amide bonds. The van der Waals surface area contributed by atoms with E-state index in [0.717, 1.165) is 38.8 Å². The summed E-state index contributed by atoms with van der Waals surface area (Å²) in [5.41, 5.74) is 0. The summed E-state index contributed by atoms with van der Waals surface area (Å²) in [5.74, 6) is 0.845. The van der Waals surface area contributed by atoms with Crippen LogP contribution in [-0.2, 0) is 9.53 Å². The third-order valence-corrected chi connectivity index (χ3v) is 4.63. The van der Waals surface area contributed by atoms with Crippen molar-refractivity contribution in [1.29, 1.82) is 5.26 Å². The van der Waals surface area contributed by atoms with Crippen LogP contribution in [0, 0.1) is 23.3 Å². The number of guanidine groups is 1. The van der Waals surface area contributed by atoms with Crippen molar-refractivity contribution in [3.05, 3.63) is 0 Å². The fourth-order valence-electron chi connectivity index (χ4n) is 3.37. The molecule has 1 saturated carbocycles. The molecule has 0 aromatic rings. The second-order valence-electron chi connectivity index (χ2n) is 6.37. The number of aliphatic imine (C=N–C) groups is 1. The number of ether oxygens (including phenoxy) is 1. The molecule has 7 nitrogen and oxygen atoms in total. The van der Waals surface area contributed by atoms with Crippen LogP contribution in [0.4, 0.5) is 0 Å². The van der Waals surface area contributed by atoms with E-state index in [1.54, 1.807) is 0 Å². The summed E-state index contributed by atoms with van der Waals surface area (Å²) in [7, 11) is 1.43. The SMILES string of the molecule is COC(=O)C1CCCC(NC(=NCC2CCCNC2)NC#N)C1. The zero-order valence-electron chi connectivity index (χ0n) is 13.8. The van der Waals surface area contributed by atoms with Gasteiger partial charge in [0, 0.05) is 12.6 Å². The van der Waals surface area contributed by atoms with Crippen molar-refractivity contribution >= 4 is 11.9 Å². The van der Waals surface area contributed by atoms with E-state index in [9.17, 15) is 4.79 Å². The van der Waals surface area contributed by atoms with Crippen LogP contribution in [0.3, 0.4) is 0 Å². The number of esters is 1. The number of carbonyl (C=O) groups is 1. The Morgan fingerprint density at radius 3 is 2.96 bits per heavy atom. The van der Waals surface area contributed by atoms with Crippen LogP contribution in [0.25, 0.3) is 0 Å². The van der Waals surface area contributed by atoms with Crippen molar-refractivity contribution in [2.45, 2.75) is 44.6 Å². The van der Waals surface area contributed by atoms with Gasteiger partial charge >= 0.3 is 5.97 Å². The highest BCUT2D eigenvalue weighted by Crippen LogP contribution is 2.25. The van der Waals surface area contributed by atoms with Crippen molar-refractivity contribution in [3.8, 4) is 6.19 Å². The first-order valence-corrected chi connectivity index (χ1v) is 8.47. The van der Waals surface area contributed by atoms with Crippen molar-refractivity contribution in [1.82, 2.24) is 16.0 Å². The number of hydrogen-bond acceptors (Lipinski definition) is 5. The third kappa shape index (κ3) is 5.71. The van der Waals surface area contributed by atoms with Crippen LogP contribution < -0.4 is 16.0 Å². The van der Waals surface area contributed by atoms with Crippen LogP contribution >= 0.6 is 0 Å². The third-order valence-electron chi connectivity index (χ3n) is 4.63. The van der Waals surface area contributed by atoms with Gasteiger partial charge in [-0.2, -0.15) is 5.26 Å². The zero-order chi connectivity index (χ0) is 16.5. The molecule has 0 aromatic carbocycles. The first kappa shape index (κ1) is 17.5. The van der Waals surface area contributed by atoms with Gasteiger partial charge in [-0.1, -0.05) is 6.42 Å². The van der Waals surface area contributed by atoms with Gasteiger partial charge in [-0.15, -0.1) is 0 Å². The molecule has 1 aliphatic carbocycles. The Balaban J connectivity index is 1.87. The summed E-state index contributed by atoms with van der Waals surface area (Å²) in [6, 6.07) is 0.150. The van der Waals surface area contributed by atoms with E-state index in [1.807, 2.05) is 6.19 Å². The Kier molecular flexibility index (Phi) is 7.14. The summed E-state index contributed by atoms with van der Waals surface area (Å²) in [5, 5.41) is 18.2. The molecule has 2 aliphatic rings. The number of hydrogen-bond donors (Lipinski definition) is 3. The molecule has 0 spiro atoms. The van der Waals surface area contributed by atoms with Crippen LogP contribution in [0.2, 0.25) is 0 Å². The van der Waals surface area contributed by atoms with Gasteiger partial charge in [-0.25, -0.2) is 0 Å². The maximum absolute atomic E-state index is 11.7. The van der Waals surface area contributed by atoms with Crippen LogP contribution in [0.15, 0.2) is 4.99 Å². The quantitative estimate of drug-likeness (QED) is 0.232. The van der Waals surface area contributed by atoms with Crippen LogP contribution in [0.1, 0.15) is 38.5 Å². The summed E-state index contributed by atoms with van der Waals surface area (Å²) in [6.45, 7) is 2.77. The topological polar surface area (TPSA) is 98.5 Å². The van der Waals surface area contributed by atoms with Gasteiger partial charge in [-0.3, -0.25) is 15.1 Å². The van der Waals surface area contributed by atoms with Crippen molar-refractivity contribution in [2.75, 3.05) is 26.7 Å². The molecule has 128 valence electrons. The molecule has 1 heterocycles. The second kappa shape index (κ2) is 9.36. The minimum absolute atomic E-state index is 0.0582. The Morgan fingerprint density at radius 1 is 1.39 bits per heavy atom. The number of carbonyl (C=O) groups excluding carboxylic acids is 1. The molecule has 0 radical (unpaired) electrons. The number of nitrogens with zero attached hydrogens (tertiary/aromatic N) is 2. The van der Waals surface area contributed by atoms with E-state index in [2.05, 4.69) is 20.9 Å². The van der Waals surface area contributed by atoms with Crippen LogP contribution in [-0.4, -0.2) is 44.7 Å². The van der Waals surface area contributed by atoms with Gasteiger partial charge in [0.15, 0.2) is 6.19 Å². The average molecular weight is 321 g/mol. The fourth-order valence-corrected chi connectivity index (χ4v) is 3.37. The lowest BCUT2D eigenvalue weighted by atomic mass is 9.86. The van der Waals surface area contributed by atoms with Gasteiger partial charge in [0.05, 0.1) is 13.0 Å². The molecule has 1 aliphatic heterocycles. The van der Waals surface area contributed by atoms with Crippen molar-refractivity contribution < 1.29 is 9.53 Å². The monoisotopic (exact) mass is 321 g/mol. The Hall–Kier alpha value is -1.81. The highest BCUT2D eigenvalue weighted by Gasteiger charge is 2.28. The van der Waals surface area contributed by atoms with E-state index in [1.165, 1.54) is 20.0 Å². The first-order valence-electron chi connectivity index (χ1n) is 8.47. The zero-order valence-corrected chi connectivity index (χ0v) is 13.8. The van der Waals surface area contributed by atoms with E-state index < -0.39 is 0 Å². The minimum atomic E-state index is -0.142. The largest absolute Gasteiger partial charge is 0.469 e. The fraction of sp³-hybridized carbons (Fsp3) is 0.812. The molecule has 3 N–H and O–H groups in total. The summed E-state index contributed by atoms with van der Waals surface area (Å²) in [6.07, 6.45) is 7.84. The predicted molar refractivity (Wildman–Crippen MR) is 87.5 cm³/mol. The van der Waals surface area contributed by atoms with Gasteiger partial charge in [0.25, 0.3) is 0 Å². The molecule has 3 unspecified atom stereocenters. The average Bonchev–Trinajstić information content (AvgIpc) is 2.60. The number of nitrogens with one attached hydrogen (secondary N) is 3. The number of piperidine rings is 1. The van der Waals surface area contributed by atoms with Gasteiger partial charge in [0.1, 0.15) is 0 Å². The molecular weight excluding hydrogens is 294 g/mol. The van der Waals surface area contributed by atoms with E-state index >= 15 is 0 Å². The number of methoxy groups -OCH3 is 1. The first-order chi connectivity index (χ1) is 11.2. The lowest BCUT2D eigenvalue weighted by Gasteiger charge is -2.29. The molecule has 0 aromatic heterocycles. The second-order valence-corrected chi connectivity index (χ2v) is 6.37. The molecule has 2 fully saturated rings. The van der Waals surface area contributed by atoms with Crippen molar-refractivity contribution in [2.24, 2.45) is 16.8 Å². The van der Waals surface area contributed by atoms with Crippen LogP contribution in [0.5, 0.6) is 0 Å². The molecule has 3 atom stereocenters. The highest BCUT2D eigenvalue weighted by atomic mass is 16.5. The lowest BCUT2D eigenvalue weighted by molar-refractivity contribution is -0.146.